The summed E-state index contributed by atoms with van der Waals surface area (Å²) < 4.78 is 6.95. The van der Waals surface area contributed by atoms with Crippen molar-refractivity contribution in [2.75, 3.05) is 25.4 Å². The highest BCUT2D eigenvalue weighted by Gasteiger charge is 2.72. The zero-order valence-corrected chi connectivity index (χ0v) is 20.4. The van der Waals surface area contributed by atoms with Crippen LogP contribution in [0.15, 0.2) is 24.4 Å². The molecular formula is C25H29N5O3S. The minimum Gasteiger partial charge on any atom is -0.397 e. The Morgan fingerprint density at radius 1 is 1.29 bits per heavy atom. The van der Waals surface area contributed by atoms with E-state index in [2.05, 4.69) is 22.2 Å². The van der Waals surface area contributed by atoms with E-state index in [1.807, 2.05) is 32.0 Å². The highest BCUT2D eigenvalue weighted by atomic mass is 32.1. The summed E-state index contributed by atoms with van der Waals surface area (Å²) in [6.45, 7) is 8.81. The number of nitrogens with zero attached hydrogens (tertiary/aromatic N) is 2. The fourth-order valence-corrected chi connectivity index (χ4v) is 6.82. The van der Waals surface area contributed by atoms with Crippen LogP contribution in [0.4, 0.5) is 5.69 Å². The van der Waals surface area contributed by atoms with Gasteiger partial charge in [-0.1, -0.05) is 20.8 Å². The average Bonchev–Trinajstić information content (AvgIpc) is 3.17. The lowest BCUT2D eigenvalue weighted by atomic mass is 9.99. The molecule has 0 bridgehead atoms. The first-order valence-electron chi connectivity index (χ1n) is 11.8. The van der Waals surface area contributed by atoms with E-state index in [9.17, 15) is 9.59 Å². The van der Waals surface area contributed by atoms with Gasteiger partial charge in [-0.15, -0.1) is 11.3 Å². The number of amides is 2. The molecule has 4 atom stereocenters. The summed E-state index contributed by atoms with van der Waals surface area (Å²) >= 11 is 1.57. The SMILES string of the molecule is CC(c1[nH]c(-c2ccnc3cc(CN4C(=O)C5C(C4=O)C5(C)C)sc23)cc1N)[C@H]1CNCCO1. The third-order valence-corrected chi connectivity index (χ3v) is 8.95. The van der Waals surface area contributed by atoms with Gasteiger partial charge in [0.2, 0.25) is 11.8 Å². The maximum absolute atomic E-state index is 12.8. The first kappa shape index (κ1) is 21.8. The number of hydrogen-bond donors (Lipinski definition) is 3. The number of piperidine rings is 1. The number of thiophene rings is 1. The van der Waals surface area contributed by atoms with Crippen molar-refractivity contribution in [3.05, 3.63) is 35.0 Å². The summed E-state index contributed by atoms with van der Waals surface area (Å²) in [7, 11) is 0. The van der Waals surface area contributed by atoms with Crippen LogP contribution in [0, 0.1) is 17.3 Å². The van der Waals surface area contributed by atoms with Gasteiger partial charge in [0.1, 0.15) is 0 Å². The van der Waals surface area contributed by atoms with Crippen molar-refractivity contribution in [3.63, 3.8) is 0 Å². The normalized spacial score (nSPS) is 26.8. The Morgan fingerprint density at radius 2 is 2.06 bits per heavy atom. The number of likely N-dealkylation sites (tertiary alicyclic amines) is 1. The Hall–Kier alpha value is -2.75. The standard InChI is InChI=1S/C25H29N5O3S/c1-12(18-10-27-6-7-33-18)21-15(26)9-16(29-21)14-4-5-28-17-8-13(34-22(14)17)11-30-23(31)19-20(24(30)32)25(19,2)3/h4-5,8-9,12,18-20,27,29H,6-7,10-11,26H2,1-3H3/t12?,18-,19?,20?/m1/s1. The monoisotopic (exact) mass is 479 g/mol. The molecule has 5 heterocycles. The molecule has 0 spiro atoms. The van der Waals surface area contributed by atoms with Crippen LogP contribution in [0.2, 0.25) is 0 Å². The Kier molecular flexibility index (Phi) is 4.88. The second-order valence-corrected chi connectivity index (χ2v) is 11.4. The van der Waals surface area contributed by atoms with Crippen molar-refractivity contribution in [1.29, 1.82) is 0 Å². The van der Waals surface area contributed by atoms with E-state index < -0.39 is 0 Å². The molecule has 8 nitrogen and oxygen atoms in total. The van der Waals surface area contributed by atoms with Crippen LogP contribution in [0.1, 0.15) is 37.3 Å². The van der Waals surface area contributed by atoms with E-state index in [4.69, 9.17) is 10.5 Å². The molecule has 3 unspecified atom stereocenters. The molecule has 0 radical (unpaired) electrons. The highest BCUT2D eigenvalue weighted by Crippen LogP contribution is 2.63. The number of H-pyrrole nitrogens is 1. The lowest BCUT2D eigenvalue weighted by Crippen LogP contribution is -2.41. The van der Waals surface area contributed by atoms with Crippen LogP contribution in [-0.4, -0.2) is 52.5 Å². The van der Waals surface area contributed by atoms with Gasteiger partial charge < -0.3 is 20.8 Å². The summed E-state index contributed by atoms with van der Waals surface area (Å²) in [6.07, 6.45) is 1.85. The van der Waals surface area contributed by atoms with Crippen molar-refractivity contribution in [2.45, 2.75) is 39.3 Å². The molecule has 2 saturated heterocycles. The number of carbonyl (C=O) groups is 2. The van der Waals surface area contributed by atoms with Crippen molar-refractivity contribution >= 4 is 39.1 Å². The number of nitrogens with one attached hydrogen (secondary N) is 2. The van der Waals surface area contributed by atoms with Crippen molar-refractivity contribution in [2.24, 2.45) is 17.3 Å². The molecule has 1 aliphatic carbocycles. The summed E-state index contributed by atoms with van der Waals surface area (Å²) in [6, 6.07) is 5.93. The van der Waals surface area contributed by atoms with Gasteiger partial charge in [-0.2, -0.15) is 0 Å². The number of fused-ring (bicyclic) bond motifs is 2. The summed E-state index contributed by atoms with van der Waals surface area (Å²) in [5.74, 6) is -0.273. The molecule has 3 aromatic rings. The zero-order valence-electron chi connectivity index (χ0n) is 19.6. The molecule has 3 aromatic heterocycles. The first-order valence-corrected chi connectivity index (χ1v) is 12.6. The second-order valence-electron chi connectivity index (χ2n) is 10.3. The first-order chi connectivity index (χ1) is 16.3. The molecule has 3 fully saturated rings. The molecule has 2 amide bonds. The summed E-state index contributed by atoms with van der Waals surface area (Å²) in [5.41, 5.74) is 10.7. The summed E-state index contributed by atoms with van der Waals surface area (Å²) in [5, 5.41) is 3.38. The van der Waals surface area contributed by atoms with E-state index in [0.29, 0.717) is 18.8 Å². The van der Waals surface area contributed by atoms with Gasteiger partial charge in [0.15, 0.2) is 0 Å². The molecule has 0 aromatic carbocycles. The molecular weight excluding hydrogens is 450 g/mol. The number of imide groups is 1. The highest BCUT2D eigenvalue weighted by molar-refractivity contribution is 7.19. The predicted octanol–water partition coefficient (Wildman–Crippen LogP) is 3.11. The van der Waals surface area contributed by atoms with Crippen LogP contribution in [0.25, 0.3) is 21.5 Å². The number of hydrogen-bond acceptors (Lipinski definition) is 7. The Labute approximate surface area is 201 Å². The molecule has 178 valence electrons. The lowest BCUT2D eigenvalue weighted by molar-refractivity contribution is -0.143. The predicted molar refractivity (Wildman–Crippen MR) is 131 cm³/mol. The molecule has 34 heavy (non-hydrogen) atoms. The quantitative estimate of drug-likeness (QED) is 0.485. The summed E-state index contributed by atoms with van der Waals surface area (Å²) in [4.78, 5) is 36.0. The fourth-order valence-electron chi connectivity index (χ4n) is 5.69. The number of aromatic amines is 1. The largest absolute Gasteiger partial charge is 0.397 e. The van der Waals surface area contributed by atoms with Crippen molar-refractivity contribution in [3.8, 4) is 11.3 Å². The number of aromatic nitrogens is 2. The van der Waals surface area contributed by atoms with Crippen molar-refractivity contribution in [1.82, 2.24) is 20.2 Å². The molecule has 4 N–H and O–H groups in total. The number of rotatable bonds is 5. The van der Waals surface area contributed by atoms with Gasteiger partial charge in [-0.3, -0.25) is 19.5 Å². The van der Waals surface area contributed by atoms with E-state index in [1.165, 1.54) is 4.90 Å². The molecule has 1 saturated carbocycles. The molecule has 6 rings (SSSR count). The maximum atomic E-state index is 12.8. The smallest absolute Gasteiger partial charge is 0.234 e. The number of nitrogen functional groups attached to an aromatic ring is 1. The Morgan fingerprint density at radius 3 is 2.76 bits per heavy atom. The van der Waals surface area contributed by atoms with Gasteiger partial charge >= 0.3 is 0 Å². The Bertz CT molecular complexity index is 1280. The average molecular weight is 480 g/mol. The van der Waals surface area contributed by atoms with E-state index in [1.54, 1.807) is 17.5 Å². The van der Waals surface area contributed by atoms with Crippen LogP contribution in [0.3, 0.4) is 0 Å². The Balaban J connectivity index is 1.28. The maximum Gasteiger partial charge on any atom is 0.234 e. The number of ether oxygens (including phenoxy) is 1. The van der Waals surface area contributed by atoms with Crippen LogP contribution in [0.5, 0.6) is 0 Å². The number of morpholine rings is 1. The van der Waals surface area contributed by atoms with Crippen LogP contribution < -0.4 is 11.1 Å². The number of nitrogens with two attached hydrogens (primary N) is 1. The molecule has 9 heteroatoms. The van der Waals surface area contributed by atoms with Gasteiger partial charge in [-0.25, -0.2) is 0 Å². The van der Waals surface area contributed by atoms with Gasteiger partial charge in [0.05, 0.1) is 47.0 Å². The second kappa shape index (κ2) is 7.63. The van der Waals surface area contributed by atoms with Crippen LogP contribution >= 0.6 is 11.3 Å². The fraction of sp³-hybridized carbons (Fsp3) is 0.480. The van der Waals surface area contributed by atoms with Gasteiger partial charge in [0, 0.05) is 47.0 Å². The van der Waals surface area contributed by atoms with Crippen molar-refractivity contribution < 1.29 is 14.3 Å². The zero-order chi connectivity index (χ0) is 23.8. The van der Waals surface area contributed by atoms with Crippen LogP contribution in [-0.2, 0) is 20.9 Å². The van der Waals surface area contributed by atoms with E-state index in [-0.39, 0.29) is 41.1 Å². The van der Waals surface area contributed by atoms with Gasteiger partial charge in [0.25, 0.3) is 0 Å². The number of pyridine rings is 1. The third kappa shape index (κ3) is 3.21. The lowest BCUT2D eigenvalue weighted by Gasteiger charge is -2.28. The molecule has 2 aliphatic heterocycles. The topological polar surface area (TPSA) is 113 Å². The van der Waals surface area contributed by atoms with E-state index >= 15 is 0 Å². The van der Waals surface area contributed by atoms with E-state index in [0.717, 1.165) is 45.1 Å². The van der Waals surface area contributed by atoms with Gasteiger partial charge in [-0.05, 0) is 23.6 Å². The number of carbonyl (C=O) groups excluding carboxylic acids is 2. The minimum atomic E-state index is -0.194. The number of anilines is 1. The third-order valence-electron chi connectivity index (χ3n) is 7.81. The minimum absolute atomic E-state index is 0.0409. The molecule has 3 aliphatic rings.